The predicted octanol–water partition coefficient (Wildman–Crippen LogP) is 2.22. The zero-order chi connectivity index (χ0) is 9.19. The minimum atomic E-state index is -0.332. The Kier molecular flexibility index (Phi) is 3.04. The summed E-state index contributed by atoms with van der Waals surface area (Å²) in [6, 6.07) is 0. The van der Waals surface area contributed by atoms with E-state index in [-0.39, 0.29) is 11.6 Å². The molecule has 0 aliphatic heterocycles. The molecule has 0 radical (unpaired) electrons. The van der Waals surface area contributed by atoms with Crippen molar-refractivity contribution in [3.05, 3.63) is 0 Å². The quantitative estimate of drug-likeness (QED) is 0.635. The van der Waals surface area contributed by atoms with Crippen molar-refractivity contribution in [2.24, 2.45) is 0 Å². The molecule has 1 aliphatic carbocycles. The predicted molar refractivity (Wildman–Crippen MR) is 51.3 cm³/mol. The van der Waals surface area contributed by atoms with E-state index in [0.29, 0.717) is 5.75 Å². The summed E-state index contributed by atoms with van der Waals surface area (Å²) in [4.78, 5) is 11.1. The lowest BCUT2D eigenvalue weighted by Gasteiger charge is -2.19. The van der Waals surface area contributed by atoms with Crippen LogP contribution in [0.3, 0.4) is 0 Å². The van der Waals surface area contributed by atoms with E-state index in [1.54, 1.807) is 11.8 Å². The molecule has 0 atom stereocenters. The van der Waals surface area contributed by atoms with Gasteiger partial charge in [-0.25, -0.2) is 0 Å². The van der Waals surface area contributed by atoms with Gasteiger partial charge in [-0.15, -0.1) is 11.8 Å². The Morgan fingerprint density at radius 3 is 2.50 bits per heavy atom. The third-order valence-corrected chi connectivity index (χ3v) is 2.73. The Hall–Kier alpha value is -0.180. The van der Waals surface area contributed by atoms with Crippen LogP contribution in [0.5, 0.6) is 0 Å². The Bertz CT molecular complexity index is 168. The van der Waals surface area contributed by atoms with Crippen molar-refractivity contribution in [1.29, 1.82) is 0 Å². The average Bonchev–Trinajstić information content (AvgIpc) is 2.61. The molecule has 0 amide bonds. The molecule has 0 aromatic rings. The van der Waals surface area contributed by atoms with Crippen LogP contribution in [0.25, 0.3) is 0 Å². The monoisotopic (exact) mass is 188 g/mol. The summed E-state index contributed by atoms with van der Waals surface area (Å²) < 4.78 is 5.16. The lowest BCUT2D eigenvalue weighted by molar-refractivity contribution is -0.151. The number of carbonyl (C=O) groups excluding carboxylic acids is 1. The second kappa shape index (κ2) is 3.69. The molecule has 1 rings (SSSR count). The lowest BCUT2D eigenvalue weighted by Crippen LogP contribution is -2.25. The van der Waals surface area contributed by atoms with Gasteiger partial charge in [-0.3, -0.25) is 4.79 Å². The highest BCUT2D eigenvalue weighted by Gasteiger charge is 2.24. The van der Waals surface area contributed by atoms with Crippen molar-refractivity contribution in [2.75, 3.05) is 5.75 Å². The summed E-state index contributed by atoms with van der Waals surface area (Å²) in [6.45, 7) is 5.69. The van der Waals surface area contributed by atoms with Crippen LogP contribution in [-0.2, 0) is 9.53 Å². The van der Waals surface area contributed by atoms with E-state index in [4.69, 9.17) is 4.74 Å². The maximum Gasteiger partial charge on any atom is 0.316 e. The van der Waals surface area contributed by atoms with Gasteiger partial charge < -0.3 is 4.74 Å². The minimum absolute atomic E-state index is 0.0839. The van der Waals surface area contributed by atoms with Gasteiger partial charge in [0.15, 0.2) is 0 Å². The molecule has 0 unspecified atom stereocenters. The number of esters is 1. The second-order valence-electron chi connectivity index (χ2n) is 4.10. The van der Waals surface area contributed by atoms with Gasteiger partial charge in [0.2, 0.25) is 0 Å². The Labute approximate surface area is 78.1 Å². The molecule has 3 heteroatoms. The smallest absolute Gasteiger partial charge is 0.316 e. The van der Waals surface area contributed by atoms with Crippen molar-refractivity contribution in [1.82, 2.24) is 0 Å². The van der Waals surface area contributed by atoms with Crippen molar-refractivity contribution < 1.29 is 9.53 Å². The molecule has 1 fully saturated rings. The maximum absolute atomic E-state index is 11.1. The highest BCUT2D eigenvalue weighted by Crippen LogP contribution is 2.33. The van der Waals surface area contributed by atoms with E-state index in [1.807, 2.05) is 20.8 Å². The van der Waals surface area contributed by atoms with Gasteiger partial charge >= 0.3 is 5.97 Å². The molecule has 2 nitrogen and oxygen atoms in total. The zero-order valence-corrected chi connectivity index (χ0v) is 8.74. The molecule has 0 saturated heterocycles. The van der Waals surface area contributed by atoms with E-state index in [0.717, 1.165) is 5.25 Å². The first-order valence-electron chi connectivity index (χ1n) is 4.31. The third-order valence-electron chi connectivity index (χ3n) is 1.38. The maximum atomic E-state index is 11.1. The zero-order valence-electron chi connectivity index (χ0n) is 7.92. The van der Waals surface area contributed by atoms with Crippen molar-refractivity contribution in [3.63, 3.8) is 0 Å². The van der Waals surface area contributed by atoms with Gasteiger partial charge in [0.25, 0.3) is 0 Å². The van der Waals surface area contributed by atoms with Crippen LogP contribution in [0.2, 0.25) is 0 Å². The van der Waals surface area contributed by atoms with Gasteiger partial charge in [-0.05, 0) is 33.6 Å². The van der Waals surface area contributed by atoms with Crippen LogP contribution in [0.15, 0.2) is 0 Å². The van der Waals surface area contributed by atoms with Crippen LogP contribution >= 0.6 is 11.8 Å². The lowest BCUT2D eigenvalue weighted by atomic mass is 10.2. The molecule has 70 valence electrons. The van der Waals surface area contributed by atoms with Gasteiger partial charge in [-0.1, -0.05) is 0 Å². The topological polar surface area (TPSA) is 26.3 Å². The number of ether oxygens (including phenoxy) is 1. The third kappa shape index (κ3) is 4.65. The minimum Gasteiger partial charge on any atom is -0.459 e. The summed E-state index contributed by atoms with van der Waals surface area (Å²) in [5, 5.41) is 0.734. The first kappa shape index (κ1) is 9.90. The van der Waals surface area contributed by atoms with Gasteiger partial charge in [-0.2, -0.15) is 0 Å². The van der Waals surface area contributed by atoms with Crippen LogP contribution in [0, 0.1) is 0 Å². The summed E-state index contributed by atoms with van der Waals surface area (Å²) in [5.41, 5.74) is -0.332. The number of carbonyl (C=O) groups is 1. The van der Waals surface area contributed by atoms with E-state index >= 15 is 0 Å². The number of thioether (sulfide) groups is 1. The Morgan fingerprint density at radius 1 is 1.50 bits per heavy atom. The molecule has 0 heterocycles. The molecule has 1 saturated carbocycles. The molecule has 0 bridgehead atoms. The highest BCUT2D eigenvalue weighted by atomic mass is 32.2. The van der Waals surface area contributed by atoms with Gasteiger partial charge in [0, 0.05) is 5.25 Å². The van der Waals surface area contributed by atoms with E-state index in [1.165, 1.54) is 12.8 Å². The summed E-state index contributed by atoms with van der Waals surface area (Å²) in [7, 11) is 0. The molecule has 12 heavy (non-hydrogen) atoms. The average molecular weight is 188 g/mol. The SMILES string of the molecule is CC(C)(C)OC(=O)CSC1CC1. The molecular formula is C9H16O2S. The fourth-order valence-corrected chi connectivity index (χ4v) is 1.69. The molecular weight excluding hydrogens is 172 g/mol. The fraction of sp³-hybridized carbons (Fsp3) is 0.889. The summed E-state index contributed by atoms with van der Waals surface area (Å²) >= 11 is 1.72. The standard InChI is InChI=1S/C9H16O2S/c1-9(2,3)11-8(10)6-12-7-4-5-7/h7H,4-6H2,1-3H3. The second-order valence-corrected chi connectivity index (χ2v) is 5.39. The van der Waals surface area contributed by atoms with Gasteiger partial charge in [0.05, 0.1) is 5.75 Å². The molecule has 0 N–H and O–H groups in total. The van der Waals surface area contributed by atoms with Crippen LogP contribution in [-0.4, -0.2) is 22.6 Å². The van der Waals surface area contributed by atoms with E-state index in [9.17, 15) is 4.79 Å². The van der Waals surface area contributed by atoms with Crippen LogP contribution in [0.4, 0.5) is 0 Å². The fourth-order valence-electron chi connectivity index (χ4n) is 0.792. The highest BCUT2D eigenvalue weighted by molar-refractivity contribution is 8.00. The van der Waals surface area contributed by atoms with Crippen LogP contribution in [0.1, 0.15) is 33.6 Å². The van der Waals surface area contributed by atoms with E-state index in [2.05, 4.69) is 0 Å². The number of hydrogen-bond donors (Lipinski definition) is 0. The molecule has 0 spiro atoms. The molecule has 0 aromatic carbocycles. The van der Waals surface area contributed by atoms with Gasteiger partial charge in [0.1, 0.15) is 5.60 Å². The first-order chi connectivity index (χ1) is 5.47. The number of hydrogen-bond acceptors (Lipinski definition) is 3. The summed E-state index contributed by atoms with van der Waals surface area (Å²) in [5.74, 6) is 0.432. The summed E-state index contributed by atoms with van der Waals surface area (Å²) in [6.07, 6.45) is 2.54. The normalized spacial score (nSPS) is 17.6. The molecule has 1 aliphatic rings. The first-order valence-corrected chi connectivity index (χ1v) is 5.36. The van der Waals surface area contributed by atoms with Crippen molar-refractivity contribution in [2.45, 2.75) is 44.5 Å². The Balaban J connectivity index is 2.10. The molecule has 0 aromatic heterocycles. The largest absolute Gasteiger partial charge is 0.459 e. The van der Waals surface area contributed by atoms with E-state index < -0.39 is 0 Å². The number of rotatable bonds is 3. The van der Waals surface area contributed by atoms with Crippen LogP contribution < -0.4 is 0 Å². The Morgan fingerprint density at radius 2 is 2.08 bits per heavy atom. The van der Waals surface area contributed by atoms with Crippen molar-refractivity contribution in [3.8, 4) is 0 Å². The van der Waals surface area contributed by atoms with Crippen molar-refractivity contribution >= 4 is 17.7 Å².